The van der Waals surface area contributed by atoms with Crippen LogP contribution < -0.4 is 5.32 Å². The minimum Gasteiger partial charge on any atom is -0.307 e. The van der Waals surface area contributed by atoms with Gasteiger partial charge >= 0.3 is 0 Å². The Hall–Kier alpha value is -2.98. The van der Waals surface area contributed by atoms with Gasteiger partial charge in [-0.2, -0.15) is 0 Å². The Kier molecular flexibility index (Phi) is 4.53. The van der Waals surface area contributed by atoms with Crippen LogP contribution in [-0.4, -0.2) is 20.9 Å². The van der Waals surface area contributed by atoms with Crippen LogP contribution in [0.3, 0.4) is 0 Å². The van der Waals surface area contributed by atoms with Crippen molar-refractivity contribution in [3.63, 3.8) is 0 Å². The molecule has 3 heterocycles. The second kappa shape index (κ2) is 7.28. The van der Waals surface area contributed by atoms with Gasteiger partial charge in [0.2, 0.25) is 0 Å². The van der Waals surface area contributed by atoms with E-state index >= 15 is 0 Å². The maximum absolute atomic E-state index is 4.67. The Morgan fingerprint density at radius 3 is 2.44 bits per heavy atom. The zero-order valence-corrected chi connectivity index (χ0v) is 13.9. The van der Waals surface area contributed by atoms with Crippen molar-refractivity contribution in [2.45, 2.75) is 12.5 Å². The van der Waals surface area contributed by atoms with Crippen molar-refractivity contribution in [3.05, 3.63) is 102 Å². The van der Waals surface area contributed by atoms with Crippen LogP contribution in [0.4, 0.5) is 0 Å². The monoisotopic (exact) mass is 328 g/mol. The van der Waals surface area contributed by atoms with Crippen LogP contribution in [0.15, 0.2) is 85.5 Å². The third-order valence-corrected chi connectivity index (χ3v) is 4.32. The van der Waals surface area contributed by atoms with E-state index in [-0.39, 0.29) is 6.04 Å². The average molecular weight is 328 g/mol. The van der Waals surface area contributed by atoms with Gasteiger partial charge in [0, 0.05) is 37.8 Å². The molecule has 1 aromatic carbocycles. The van der Waals surface area contributed by atoms with Gasteiger partial charge in [0.05, 0.1) is 11.7 Å². The zero-order valence-electron chi connectivity index (χ0n) is 13.9. The maximum atomic E-state index is 4.67. The molecule has 0 spiro atoms. The quantitative estimate of drug-likeness (QED) is 0.587. The fourth-order valence-corrected chi connectivity index (χ4v) is 3.08. The van der Waals surface area contributed by atoms with E-state index in [1.807, 2.05) is 42.9 Å². The highest BCUT2D eigenvalue weighted by atomic mass is 15.0. The van der Waals surface area contributed by atoms with Gasteiger partial charge in [0.15, 0.2) is 0 Å². The number of benzene rings is 1. The van der Waals surface area contributed by atoms with Gasteiger partial charge in [-0.3, -0.25) is 4.98 Å². The molecular formula is C21H20N4. The molecule has 1 unspecified atom stereocenters. The second-order valence-electron chi connectivity index (χ2n) is 6.03. The third kappa shape index (κ3) is 3.59. The normalized spacial score (nSPS) is 12.3. The summed E-state index contributed by atoms with van der Waals surface area (Å²) in [6.07, 6.45) is 8.70. The van der Waals surface area contributed by atoms with Crippen molar-refractivity contribution >= 4 is 5.65 Å². The summed E-state index contributed by atoms with van der Waals surface area (Å²) in [6.45, 7) is 0.853. The number of hydrogen-bond donors (Lipinski definition) is 1. The molecule has 0 aliphatic rings. The topological polar surface area (TPSA) is 42.2 Å². The minimum atomic E-state index is 0.154. The van der Waals surface area contributed by atoms with Gasteiger partial charge < -0.3 is 9.72 Å². The number of fused-ring (bicyclic) bond motifs is 1. The first-order chi connectivity index (χ1) is 12.4. The summed E-state index contributed by atoms with van der Waals surface area (Å²) in [7, 11) is 0. The summed E-state index contributed by atoms with van der Waals surface area (Å²) < 4.78 is 2.06. The van der Waals surface area contributed by atoms with E-state index in [0.29, 0.717) is 0 Å². The first-order valence-electron chi connectivity index (χ1n) is 8.51. The van der Waals surface area contributed by atoms with Crippen molar-refractivity contribution in [3.8, 4) is 0 Å². The van der Waals surface area contributed by atoms with Crippen LogP contribution in [0.25, 0.3) is 5.65 Å². The molecule has 0 saturated carbocycles. The number of imidazole rings is 1. The van der Waals surface area contributed by atoms with Crippen LogP contribution in [0.1, 0.15) is 22.9 Å². The van der Waals surface area contributed by atoms with E-state index in [9.17, 15) is 0 Å². The predicted octanol–water partition coefficient (Wildman–Crippen LogP) is 3.65. The van der Waals surface area contributed by atoms with Gasteiger partial charge in [0.25, 0.3) is 0 Å². The van der Waals surface area contributed by atoms with E-state index < -0.39 is 0 Å². The lowest BCUT2D eigenvalue weighted by Gasteiger charge is -2.19. The lowest BCUT2D eigenvalue weighted by Crippen LogP contribution is -2.24. The molecule has 0 aliphatic carbocycles. The first kappa shape index (κ1) is 15.5. The van der Waals surface area contributed by atoms with Gasteiger partial charge in [0.1, 0.15) is 5.65 Å². The number of pyridine rings is 2. The van der Waals surface area contributed by atoms with Crippen molar-refractivity contribution in [1.82, 2.24) is 19.7 Å². The van der Waals surface area contributed by atoms with Gasteiger partial charge in [-0.05, 0) is 35.4 Å². The van der Waals surface area contributed by atoms with Crippen molar-refractivity contribution in [2.24, 2.45) is 0 Å². The highest BCUT2D eigenvalue weighted by molar-refractivity contribution is 5.39. The summed E-state index contributed by atoms with van der Waals surface area (Å²) in [5.41, 5.74) is 4.56. The third-order valence-electron chi connectivity index (χ3n) is 4.32. The Labute approximate surface area is 147 Å². The molecule has 0 saturated heterocycles. The van der Waals surface area contributed by atoms with E-state index in [1.165, 1.54) is 11.1 Å². The Morgan fingerprint density at radius 1 is 0.880 bits per heavy atom. The molecule has 0 amide bonds. The second-order valence-corrected chi connectivity index (χ2v) is 6.03. The lowest BCUT2D eigenvalue weighted by molar-refractivity contribution is 0.602. The summed E-state index contributed by atoms with van der Waals surface area (Å²) in [5.74, 6) is 0. The molecule has 4 rings (SSSR count). The Bertz CT molecular complexity index is 859. The first-order valence-corrected chi connectivity index (χ1v) is 8.51. The van der Waals surface area contributed by atoms with Gasteiger partial charge in [-0.1, -0.05) is 36.4 Å². The Balaban J connectivity index is 1.49. The van der Waals surface area contributed by atoms with Crippen LogP contribution >= 0.6 is 0 Å². The minimum absolute atomic E-state index is 0.154. The largest absolute Gasteiger partial charge is 0.307 e. The molecule has 4 aromatic rings. The SMILES string of the molecule is c1ccc(C(NCCc2cn3ccccc3n2)c2ccncc2)cc1. The molecule has 3 aromatic heterocycles. The number of aromatic nitrogens is 3. The van der Waals surface area contributed by atoms with Crippen LogP contribution in [0, 0.1) is 0 Å². The molecule has 0 aliphatic heterocycles. The molecule has 1 N–H and O–H groups in total. The molecule has 1 atom stereocenters. The molecule has 4 nitrogen and oxygen atoms in total. The fourth-order valence-electron chi connectivity index (χ4n) is 3.08. The summed E-state index contributed by atoms with van der Waals surface area (Å²) in [5, 5.41) is 3.67. The number of hydrogen-bond acceptors (Lipinski definition) is 3. The molecular weight excluding hydrogens is 308 g/mol. The zero-order chi connectivity index (χ0) is 16.9. The summed E-state index contributed by atoms with van der Waals surface area (Å²) in [6, 6.07) is 20.9. The highest BCUT2D eigenvalue weighted by Gasteiger charge is 2.13. The average Bonchev–Trinajstić information content (AvgIpc) is 3.09. The fraction of sp³-hybridized carbons (Fsp3) is 0.143. The van der Waals surface area contributed by atoms with E-state index in [0.717, 1.165) is 24.3 Å². The molecule has 124 valence electrons. The summed E-state index contributed by atoms with van der Waals surface area (Å²) >= 11 is 0. The van der Waals surface area contributed by atoms with Gasteiger partial charge in [-0.15, -0.1) is 0 Å². The van der Waals surface area contributed by atoms with Crippen molar-refractivity contribution in [2.75, 3.05) is 6.54 Å². The predicted molar refractivity (Wildman–Crippen MR) is 99.4 cm³/mol. The van der Waals surface area contributed by atoms with E-state index in [4.69, 9.17) is 0 Å². The lowest BCUT2D eigenvalue weighted by atomic mass is 9.99. The number of nitrogens with zero attached hydrogens (tertiary/aromatic N) is 3. The molecule has 25 heavy (non-hydrogen) atoms. The number of rotatable bonds is 6. The van der Waals surface area contributed by atoms with Crippen LogP contribution in [0.5, 0.6) is 0 Å². The maximum Gasteiger partial charge on any atom is 0.136 e. The summed E-state index contributed by atoms with van der Waals surface area (Å²) in [4.78, 5) is 8.80. The van der Waals surface area contributed by atoms with Crippen LogP contribution in [-0.2, 0) is 6.42 Å². The standard InChI is InChI=1S/C21H20N4/c1-2-6-17(7-3-1)21(18-9-12-22-13-10-18)23-14-11-19-16-25-15-5-4-8-20(25)24-19/h1-10,12-13,15-16,21,23H,11,14H2. The van der Waals surface area contributed by atoms with Crippen molar-refractivity contribution < 1.29 is 0 Å². The molecule has 0 fully saturated rings. The molecule has 4 heteroatoms. The van der Waals surface area contributed by atoms with E-state index in [1.54, 1.807) is 0 Å². The van der Waals surface area contributed by atoms with Gasteiger partial charge in [-0.25, -0.2) is 4.98 Å². The Morgan fingerprint density at radius 2 is 1.64 bits per heavy atom. The smallest absolute Gasteiger partial charge is 0.136 e. The van der Waals surface area contributed by atoms with Crippen molar-refractivity contribution in [1.29, 1.82) is 0 Å². The van der Waals surface area contributed by atoms with E-state index in [2.05, 4.69) is 62.3 Å². The molecule has 0 bridgehead atoms. The highest BCUT2D eigenvalue weighted by Crippen LogP contribution is 2.21. The molecule has 0 radical (unpaired) electrons. The number of nitrogens with one attached hydrogen (secondary N) is 1. The van der Waals surface area contributed by atoms with Crippen LogP contribution in [0.2, 0.25) is 0 Å².